The van der Waals surface area contributed by atoms with Gasteiger partial charge in [0, 0.05) is 23.9 Å². The number of amides is 1. The molecule has 31 heavy (non-hydrogen) atoms. The molecule has 2 aromatic heterocycles. The molecule has 2 atom stereocenters. The number of benzene rings is 1. The Morgan fingerprint density at radius 3 is 2.65 bits per heavy atom. The molecule has 1 fully saturated rings. The van der Waals surface area contributed by atoms with Gasteiger partial charge in [0.25, 0.3) is 0 Å². The lowest BCUT2D eigenvalue weighted by atomic mass is 10.00. The first-order chi connectivity index (χ1) is 14.9. The van der Waals surface area contributed by atoms with Crippen molar-refractivity contribution in [3.63, 3.8) is 0 Å². The van der Waals surface area contributed by atoms with Crippen molar-refractivity contribution in [2.45, 2.75) is 32.1 Å². The van der Waals surface area contributed by atoms with Gasteiger partial charge >= 0.3 is 5.92 Å². The zero-order valence-electron chi connectivity index (χ0n) is 17.0. The maximum absolute atomic E-state index is 15.1. The molecule has 8 heteroatoms. The smallest absolute Gasteiger partial charge is 0.300 e. The second-order valence-corrected chi connectivity index (χ2v) is 7.60. The number of anilines is 2. The molecular formula is C23H22F2N4O2. The van der Waals surface area contributed by atoms with E-state index in [0.717, 1.165) is 5.56 Å². The Bertz CT molecular complexity index is 1080. The van der Waals surface area contributed by atoms with Crippen molar-refractivity contribution in [2.24, 2.45) is 5.92 Å². The van der Waals surface area contributed by atoms with Crippen molar-refractivity contribution in [3.05, 3.63) is 83.8 Å². The molecule has 6 nitrogen and oxygen atoms in total. The topological polar surface area (TPSA) is 79.4 Å². The maximum Gasteiger partial charge on any atom is 0.300 e. The lowest BCUT2D eigenvalue weighted by Gasteiger charge is -2.20. The summed E-state index contributed by atoms with van der Waals surface area (Å²) < 4.78 is 35.9. The Hall–Kier alpha value is -3.39. The highest BCUT2D eigenvalue weighted by atomic mass is 19.3. The lowest BCUT2D eigenvalue weighted by Crippen LogP contribution is -2.19. The van der Waals surface area contributed by atoms with Crippen molar-refractivity contribution in [3.8, 4) is 0 Å². The van der Waals surface area contributed by atoms with Crippen LogP contribution in [0.15, 0.2) is 67.1 Å². The Labute approximate surface area is 178 Å². The van der Waals surface area contributed by atoms with E-state index >= 15 is 8.78 Å². The Kier molecular flexibility index (Phi) is 5.65. The molecule has 160 valence electrons. The fraction of sp³-hybridized carbons (Fsp3) is 0.261. The van der Waals surface area contributed by atoms with Gasteiger partial charge in [0.2, 0.25) is 5.91 Å². The van der Waals surface area contributed by atoms with Crippen LogP contribution in [0, 0.1) is 5.92 Å². The van der Waals surface area contributed by atoms with E-state index in [9.17, 15) is 4.79 Å². The molecule has 4 rings (SSSR count). The minimum Gasteiger partial charge on any atom is -0.356 e. The molecule has 3 aromatic rings. The first-order valence-electron chi connectivity index (χ1n) is 9.93. The van der Waals surface area contributed by atoms with Crippen LogP contribution in [0.2, 0.25) is 0 Å². The molecule has 1 amide bonds. The summed E-state index contributed by atoms with van der Waals surface area (Å²) in [5.74, 6) is -3.09. The summed E-state index contributed by atoms with van der Waals surface area (Å²) in [7, 11) is 0. The maximum atomic E-state index is 15.1. The molecular weight excluding hydrogens is 402 g/mol. The Morgan fingerprint density at radius 2 is 1.90 bits per heavy atom. The van der Waals surface area contributed by atoms with E-state index in [-0.39, 0.29) is 34.7 Å². The summed E-state index contributed by atoms with van der Waals surface area (Å²) in [5.41, 5.74) is 0.706. The number of carbonyl (C=O) groups excluding carboxylic acids is 1. The van der Waals surface area contributed by atoms with E-state index in [1.165, 1.54) is 30.6 Å². The third kappa shape index (κ3) is 4.54. The van der Waals surface area contributed by atoms with E-state index in [1.807, 2.05) is 0 Å². The monoisotopic (exact) mass is 424 g/mol. The summed E-state index contributed by atoms with van der Waals surface area (Å²) in [6, 6.07) is 12.4. The van der Waals surface area contributed by atoms with Crippen LogP contribution in [0.5, 0.6) is 0 Å². The number of carbonyl (C=O) groups is 1. The number of hydrogen-bond acceptors (Lipinski definition) is 5. The van der Waals surface area contributed by atoms with Crippen LogP contribution >= 0.6 is 0 Å². The highest BCUT2D eigenvalue weighted by molar-refractivity contribution is 5.91. The molecule has 1 aromatic carbocycles. The highest BCUT2D eigenvalue weighted by Crippen LogP contribution is 2.43. The van der Waals surface area contributed by atoms with Crippen LogP contribution in [-0.4, -0.2) is 22.1 Å². The molecule has 1 saturated heterocycles. The molecule has 0 aliphatic carbocycles. The molecule has 1 aliphatic heterocycles. The minimum absolute atomic E-state index is 0.0998. The quantitative estimate of drug-likeness (QED) is 0.537. The average Bonchev–Trinajstić information content (AvgIpc) is 3.54. The number of hydrogen-bond donors (Lipinski definition) is 2. The number of epoxide rings is 1. The van der Waals surface area contributed by atoms with Crippen LogP contribution in [0.1, 0.15) is 36.6 Å². The first-order valence-corrected chi connectivity index (χ1v) is 9.93. The van der Waals surface area contributed by atoms with Crippen molar-refractivity contribution in [2.75, 3.05) is 10.6 Å². The van der Waals surface area contributed by atoms with Crippen molar-refractivity contribution < 1.29 is 18.3 Å². The van der Waals surface area contributed by atoms with Gasteiger partial charge in [-0.15, -0.1) is 0 Å². The van der Waals surface area contributed by atoms with Crippen molar-refractivity contribution in [1.82, 2.24) is 9.97 Å². The van der Waals surface area contributed by atoms with Crippen LogP contribution in [0.3, 0.4) is 0 Å². The van der Waals surface area contributed by atoms with Gasteiger partial charge in [-0.2, -0.15) is 8.78 Å². The number of nitrogens with one attached hydrogen (secondary N) is 2. The largest absolute Gasteiger partial charge is 0.356 e. The fourth-order valence-electron chi connectivity index (χ4n) is 3.18. The lowest BCUT2D eigenvalue weighted by molar-refractivity contribution is -0.118. The zero-order valence-corrected chi connectivity index (χ0v) is 17.0. The number of pyridine rings is 2. The van der Waals surface area contributed by atoms with Gasteiger partial charge in [0.1, 0.15) is 11.9 Å². The van der Waals surface area contributed by atoms with Gasteiger partial charge in [0.05, 0.1) is 17.4 Å². The normalized spacial score (nSPS) is 18.0. The molecule has 0 bridgehead atoms. The van der Waals surface area contributed by atoms with E-state index < -0.39 is 12.2 Å². The second-order valence-electron chi connectivity index (χ2n) is 7.60. The number of aromatic nitrogens is 2. The number of nitrogens with zero attached hydrogens (tertiary/aromatic N) is 2. The number of ether oxygens (including phenoxy) is 1. The van der Waals surface area contributed by atoms with E-state index in [1.54, 1.807) is 50.4 Å². The van der Waals surface area contributed by atoms with Gasteiger partial charge in [-0.05, 0) is 23.8 Å². The van der Waals surface area contributed by atoms with E-state index in [2.05, 4.69) is 20.6 Å². The predicted molar refractivity (Wildman–Crippen MR) is 113 cm³/mol. The molecule has 0 spiro atoms. The predicted octanol–water partition coefficient (Wildman–Crippen LogP) is 4.72. The third-order valence-corrected chi connectivity index (χ3v) is 4.97. The zero-order chi connectivity index (χ0) is 22.0. The molecule has 1 aliphatic rings. The minimum atomic E-state index is -3.19. The van der Waals surface area contributed by atoms with Gasteiger partial charge < -0.3 is 15.4 Å². The van der Waals surface area contributed by atoms with Crippen LogP contribution in [0.25, 0.3) is 0 Å². The first kappa shape index (κ1) is 20.9. The van der Waals surface area contributed by atoms with Crippen LogP contribution < -0.4 is 10.6 Å². The van der Waals surface area contributed by atoms with Crippen molar-refractivity contribution in [1.29, 1.82) is 0 Å². The summed E-state index contributed by atoms with van der Waals surface area (Å²) in [6.07, 6.45) is 3.44. The van der Waals surface area contributed by atoms with E-state index in [0.29, 0.717) is 5.82 Å². The highest BCUT2D eigenvalue weighted by Gasteiger charge is 2.43. The number of alkyl halides is 2. The molecule has 0 saturated carbocycles. The molecule has 0 radical (unpaired) electrons. The second kappa shape index (κ2) is 8.39. The standard InChI is InChI=1S/C23H22F2N4O2/c1-14(2)21(30)29-19-12-15(8-11-27-19)20-22(31-20)28-18-13-26-10-9-17(18)23(24,25)16-6-4-3-5-7-16/h3-14,20,22,28H,1-2H3,(H,27,29,30). The molecule has 2 unspecified atom stereocenters. The number of halogens is 2. The molecule has 3 heterocycles. The van der Waals surface area contributed by atoms with Crippen LogP contribution in [-0.2, 0) is 15.5 Å². The summed E-state index contributed by atoms with van der Waals surface area (Å²) in [4.78, 5) is 20.0. The molecule has 2 N–H and O–H groups in total. The van der Waals surface area contributed by atoms with Gasteiger partial charge in [0.15, 0.2) is 6.23 Å². The number of rotatable bonds is 7. The Balaban J connectivity index is 1.50. The Morgan fingerprint density at radius 1 is 1.13 bits per heavy atom. The SMILES string of the molecule is CC(C)C(=O)Nc1cc(C2OC2Nc2cnccc2C(F)(F)c2ccccc2)ccn1. The fourth-order valence-corrected chi connectivity index (χ4v) is 3.18. The van der Waals surface area contributed by atoms with Crippen LogP contribution in [0.4, 0.5) is 20.3 Å². The van der Waals surface area contributed by atoms with Gasteiger partial charge in [-0.3, -0.25) is 9.78 Å². The summed E-state index contributed by atoms with van der Waals surface area (Å²) in [6.45, 7) is 3.58. The van der Waals surface area contributed by atoms with Gasteiger partial charge in [-0.25, -0.2) is 4.98 Å². The third-order valence-electron chi connectivity index (χ3n) is 4.97. The van der Waals surface area contributed by atoms with Crippen molar-refractivity contribution >= 4 is 17.4 Å². The van der Waals surface area contributed by atoms with Gasteiger partial charge in [-0.1, -0.05) is 44.2 Å². The average molecular weight is 424 g/mol. The summed E-state index contributed by atoms with van der Waals surface area (Å²) in [5, 5.41) is 5.76. The van der Waals surface area contributed by atoms with E-state index in [4.69, 9.17) is 4.74 Å². The summed E-state index contributed by atoms with van der Waals surface area (Å²) >= 11 is 0.